The lowest BCUT2D eigenvalue weighted by Gasteiger charge is -2.40. The third kappa shape index (κ3) is 4.74. The molecule has 1 amide bonds. The van der Waals surface area contributed by atoms with Crippen molar-refractivity contribution in [2.45, 2.75) is 31.6 Å². The monoisotopic (exact) mass is 395 g/mol. The third-order valence-electron chi connectivity index (χ3n) is 4.96. The summed E-state index contributed by atoms with van der Waals surface area (Å²) in [5.41, 5.74) is 0.694. The summed E-state index contributed by atoms with van der Waals surface area (Å²) in [5.74, 6) is -0.384. The van der Waals surface area contributed by atoms with E-state index in [0.29, 0.717) is 38.0 Å². The molecule has 0 aliphatic carbocycles. The van der Waals surface area contributed by atoms with Crippen molar-refractivity contribution in [1.29, 1.82) is 0 Å². The van der Waals surface area contributed by atoms with E-state index in [-0.39, 0.29) is 11.9 Å². The number of halogens is 4. The minimum absolute atomic E-state index is 0.0247. The topological polar surface area (TPSA) is 46.6 Å². The van der Waals surface area contributed by atoms with E-state index in [1.807, 2.05) is 4.90 Å². The molecule has 0 N–H and O–H groups in total. The molecular weight excluding hydrogens is 376 g/mol. The summed E-state index contributed by atoms with van der Waals surface area (Å²) < 4.78 is 51.6. The molecule has 28 heavy (non-hydrogen) atoms. The number of carbonyl (C=O) groups is 1. The first-order valence-corrected chi connectivity index (χ1v) is 8.88. The van der Waals surface area contributed by atoms with Crippen LogP contribution in [0.1, 0.15) is 24.0 Å². The summed E-state index contributed by atoms with van der Waals surface area (Å²) in [6.45, 7) is 0.967. The van der Waals surface area contributed by atoms with Gasteiger partial charge in [-0.25, -0.2) is 4.39 Å². The number of nitrogens with zero attached hydrogens (tertiary/aromatic N) is 2. The maximum Gasteiger partial charge on any atom is 0.416 e. The van der Waals surface area contributed by atoms with E-state index < -0.39 is 17.8 Å². The molecular formula is C20H19F4N2O2-. The highest BCUT2D eigenvalue weighted by molar-refractivity contribution is 5.62. The van der Waals surface area contributed by atoms with Gasteiger partial charge in [0.25, 0.3) is 0 Å². The zero-order valence-electron chi connectivity index (χ0n) is 15.0. The first-order valence-electron chi connectivity index (χ1n) is 8.88. The van der Waals surface area contributed by atoms with Gasteiger partial charge in [0.05, 0.1) is 5.56 Å². The summed E-state index contributed by atoms with van der Waals surface area (Å²) in [6.07, 6.45) is -4.51. The van der Waals surface area contributed by atoms with Gasteiger partial charge in [-0.3, -0.25) is 0 Å². The molecule has 1 heterocycles. The molecule has 0 saturated carbocycles. The number of carboxylic acid groups (broad SMARTS) is 1. The van der Waals surface area contributed by atoms with Crippen molar-refractivity contribution in [2.24, 2.45) is 0 Å². The fraction of sp³-hybridized carbons (Fsp3) is 0.350. The second-order valence-corrected chi connectivity index (χ2v) is 6.78. The van der Waals surface area contributed by atoms with Crippen molar-refractivity contribution < 1.29 is 27.5 Å². The van der Waals surface area contributed by atoms with Crippen LogP contribution in [0.25, 0.3) is 0 Å². The molecule has 150 valence electrons. The maximum absolute atomic E-state index is 13.3. The standard InChI is InChI=1S/C20H20F4N2O2/c21-16-5-7-17(8-6-16)26(18-9-11-25(12-10-18)19(27)28)13-14-1-3-15(4-2-14)20(22,23)24/h1-8,18H,9-13H2,(H,27,28)/p-1. The lowest BCUT2D eigenvalue weighted by Crippen LogP contribution is -2.50. The Morgan fingerprint density at radius 2 is 1.61 bits per heavy atom. The molecule has 0 atom stereocenters. The van der Waals surface area contributed by atoms with Gasteiger partial charge in [-0.2, -0.15) is 13.2 Å². The lowest BCUT2D eigenvalue weighted by molar-refractivity contribution is -0.266. The van der Waals surface area contributed by atoms with Gasteiger partial charge < -0.3 is 19.7 Å². The van der Waals surface area contributed by atoms with Gasteiger partial charge in [0.1, 0.15) is 11.9 Å². The molecule has 1 saturated heterocycles. The summed E-state index contributed by atoms with van der Waals surface area (Å²) >= 11 is 0. The van der Waals surface area contributed by atoms with E-state index in [2.05, 4.69) is 0 Å². The van der Waals surface area contributed by atoms with E-state index in [4.69, 9.17) is 0 Å². The van der Waals surface area contributed by atoms with Gasteiger partial charge in [-0.15, -0.1) is 0 Å². The van der Waals surface area contributed by atoms with Gasteiger partial charge in [-0.1, -0.05) is 12.1 Å². The molecule has 2 aromatic carbocycles. The number of hydrogen-bond donors (Lipinski definition) is 0. The highest BCUT2D eigenvalue weighted by Crippen LogP contribution is 2.30. The van der Waals surface area contributed by atoms with Crippen LogP contribution in [0, 0.1) is 5.82 Å². The van der Waals surface area contributed by atoms with Crippen LogP contribution < -0.4 is 10.0 Å². The molecule has 8 heteroatoms. The number of rotatable bonds is 4. The van der Waals surface area contributed by atoms with Crippen molar-refractivity contribution in [3.05, 3.63) is 65.5 Å². The van der Waals surface area contributed by atoms with Crippen molar-refractivity contribution in [2.75, 3.05) is 18.0 Å². The van der Waals surface area contributed by atoms with Crippen LogP contribution in [-0.4, -0.2) is 30.1 Å². The van der Waals surface area contributed by atoms with Crippen molar-refractivity contribution >= 4 is 11.8 Å². The minimum atomic E-state index is -4.40. The number of carbonyl (C=O) groups excluding carboxylic acids is 1. The summed E-state index contributed by atoms with van der Waals surface area (Å²) in [5, 5.41) is 11.0. The Balaban J connectivity index is 1.81. The van der Waals surface area contributed by atoms with Crippen LogP contribution in [-0.2, 0) is 12.7 Å². The van der Waals surface area contributed by atoms with Gasteiger partial charge in [-0.05, 0) is 54.8 Å². The fourth-order valence-electron chi connectivity index (χ4n) is 3.42. The zero-order valence-corrected chi connectivity index (χ0v) is 15.0. The molecule has 4 nitrogen and oxygen atoms in total. The normalized spacial score (nSPS) is 15.5. The van der Waals surface area contributed by atoms with Gasteiger partial charge in [0.2, 0.25) is 0 Å². The average molecular weight is 395 g/mol. The second kappa shape index (κ2) is 8.08. The van der Waals surface area contributed by atoms with Crippen LogP contribution in [0.4, 0.5) is 28.0 Å². The maximum atomic E-state index is 13.3. The Morgan fingerprint density at radius 1 is 1.04 bits per heavy atom. The summed E-state index contributed by atoms with van der Waals surface area (Å²) in [4.78, 5) is 14.2. The van der Waals surface area contributed by atoms with Gasteiger partial charge in [0, 0.05) is 31.4 Å². The lowest BCUT2D eigenvalue weighted by atomic mass is 10.0. The minimum Gasteiger partial charge on any atom is -0.530 e. The number of anilines is 1. The molecule has 3 rings (SSSR count). The first kappa shape index (κ1) is 20.0. The predicted molar refractivity (Wildman–Crippen MR) is 94.0 cm³/mol. The Bertz CT molecular complexity index is 798. The quantitative estimate of drug-likeness (QED) is 0.743. The van der Waals surface area contributed by atoms with E-state index in [1.54, 1.807) is 12.1 Å². The number of amides is 1. The Kier molecular flexibility index (Phi) is 5.76. The predicted octanol–water partition coefficient (Wildman–Crippen LogP) is 3.66. The number of hydrogen-bond acceptors (Lipinski definition) is 3. The number of likely N-dealkylation sites (tertiary alicyclic amines) is 1. The average Bonchev–Trinajstić information content (AvgIpc) is 2.67. The third-order valence-corrected chi connectivity index (χ3v) is 4.96. The molecule has 2 aromatic rings. The summed E-state index contributed by atoms with van der Waals surface area (Å²) in [6, 6.07) is 10.8. The fourth-order valence-corrected chi connectivity index (χ4v) is 3.42. The van der Waals surface area contributed by atoms with Crippen LogP contribution in [0.15, 0.2) is 48.5 Å². The van der Waals surface area contributed by atoms with Gasteiger partial charge in [0.15, 0.2) is 0 Å². The SMILES string of the molecule is O=C([O-])N1CCC(N(Cc2ccc(C(F)(F)F)cc2)c2ccc(F)cc2)CC1. The number of alkyl halides is 3. The van der Waals surface area contributed by atoms with Crippen LogP contribution >= 0.6 is 0 Å². The van der Waals surface area contributed by atoms with E-state index in [9.17, 15) is 27.5 Å². The van der Waals surface area contributed by atoms with Crippen molar-refractivity contribution in [1.82, 2.24) is 4.90 Å². The molecule has 1 fully saturated rings. The number of benzene rings is 2. The van der Waals surface area contributed by atoms with Gasteiger partial charge >= 0.3 is 6.18 Å². The molecule has 0 radical (unpaired) electrons. The van der Waals surface area contributed by atoms with Crippen LogP contribution in [0.5, 0.6) is 0 Å². The largest absolute Gasteiger partial charge is 0.530 e. The second-order valence-electron chi connectivity index (χ2n) is 6.78. The van der Waals surface area contributed by atoms with Crippen LogP contribution in [0.2, 0.25) is 0 Å². The molecule has 0 unspecified atom stereocenters. The smallest absolute Gasteiger partial charge is 0.416 e. The Labute approximate surface area is 160 Å². The van der Waals surface area contributed by atoms with E-state index in [0.717, 1.165) is 17.8 Å². The first-order chi connectivity index (χ1) is 13.2. The van der Waals surface area contributed by atoms with Crippen LogP contribution in [0.3, 0.4) is 0 Å². The highest BCUT2D eigenvalue weighted by atomic mass is 19.4. The van der Waals surface area contributed by atoms with Crippen molar-refractivity contribution in [3.8, 4) is 0 Å². The van der Waals surface area contributed by atoms with E-state index >= 15 is 0 Å². The van der Waals surface area contributed by atoms with E-state index in [1.165, 1.54) is 29.2 Å². The Morgan fingerprint density at radius 3 is 2.11 bits per heavy atom. The zero-order chi connectivity index (χ0) is 20.3. The molecule has 1 aliphatic rings. The molecule has 0 bridgehead atoms. The molecule has 0 spiro atoms. The molecule has 1 aliphatic heterocycles. The molecule has 0 aromatic heterocycles. The number of piperidine rings is 1. The summed E-state index contributed by atoms with van der Waals surface area (Å²) in [7, 11) is 0. The highest BCUT2D eigenvalue weighted by Gasteiger charge is 2.30. The van der Waals surface area contributed by atoms with Crippen molar-refractivity contribution in [3.63, 3.8) is 0 Å². The Hall–Kier alpha value is -2.77.